The van der Waals surface area contributed by atoms with Crippen molar-refractivity contribution >= 4 is 0 Å². The molecular formula is C10H21NO. The molecular weight excluding hydrogens is 150 g/mol. The lowest BCUT2D eigenvalue weighted by Gasteiger charge is -2.11. The minimum atomic E-state index is 0.789. The molecule has 1 aliphatic rings. The summed E-state index contributed by atoms with van der Waals surface area (Å²) in [7, 11) is 1.76. The topological polar surface area (TPSA) is 21.3 Å². The van der Waals surface area contributed by atoms with Crippen molar-refractivity contribution in [1.29, 1.82) is 0 Å². The molecule has 0 aromatic heterocycles. The third kappa shape index (κ3) is 3.55. The molecule has 0 aliphatic heterocycles. The predicted molar refractivity (Wildman–Crippen MR) is 51.3 cm³/mol. The fraction of sp³-hybridized carbons (Fsp3) is 1.00. The van der Waals surface area contributed by atoms with Crippen LogP contribution in [0.1, 0.15) is 32.6 Å². The molecule has 2 atom stereocenters. The number of nitrogens with one attached hydrogen (secondary N) is 1. The molecule has 0 unspecified atom stereocenters. The van der Waals surface area contributed by atoms with E-state index in [1.54, 1.807) is 7.11 Å². The van der Waals surface area contributed by atoms with E-state index in [2.05, 4.69) is 12.2 Å². The molecule has 2 heteroatoms. The molecule has 0 aromatic carbocycles. The highest BCUT2D eigenvalue weighted by Crippen LogP contribution is 2.24. The van der Waals surface area contributed by atoms with Gasteiger partial charge in [-0.05, 0) is 38.1 Å². The summed E-state index contributed by atoms with van der Waals surface area (Å²) in [6, 6.07) is 0.789. The van der Waals surface area contributed by atoms with Crippen LogP contribution >= 0.6 is 0 Å². The molecule has 0 saturated heterocycles. The Bertz CT molecular complexity index is 116. The minimum Gasteiger partial charge on any atom is -0.385 e. The van der Waals surface area contributed by atoms with Crippen molar-refractivity contribution in [2.45, 2.75) is 38.6 Å². The molecule has 0 radical (unpaired) electrons. The largest absolute Gasteiger partial charge is 0.385 e. The number of methoxy groups -OCH3 is 1. The van der Waals surface area contributed by atoms with Gasteiger partial charge < -0.3 is 10.1 Å². The van der Waals surface area contributed by atoms with Crippen molar-refractivity contribution in [1.82, 2.24) is 5.32 Å². The maximum Gasteiger partial charge on any atom is 0.0474 e. The summed E-state index contributed by atoms with van der Waals surface area (Å²) in [6.07, 6.45) is 5.28. The Kier molecular flexibility index (Phi) is 4.62. The maximum atomic E-state index is 4.99. The second-order valence-corrected chi connectivity index (χ2v) is 3.92. The molecule has 0 bridgehead atoms. The molecule has 1 fully saturated rings. The molecule has 0 spiro atoms. The second-order valence-electron chi connectivity index (χ2n) is 3.92. The van der Waals surface area contributed by atoms with Crippen LogP contribution in [-0.2, 0) is 4.74 Å². The zero-order valence-corrected chi connectivity index (χ0v) is 8.31. The SMILES string of the molecule is COCCCN[C@H]1CC[C@H](C)C1. The van der Waals surface area contributed by atoms with Gasteiger partial charge >= 0.3 is 0 Å². The maximum absolute atomic E-state index is 4.99. The van der Waals surface area contributed by atoms with Crippen LogP contribution in [-0.4, -0.2) is 26.3 Å². The molecule has 1 N–H and O–H groups in total. The Morgan fingerprint density at radius 3 is 2.83 bits per heavy atom. The highest BCUT2D eigenvalue weighted by Gasteiger charge is 2.19. The van der Waals surface area contributed by atoms with E-state index in [0.717, 1.165) is 31.5 Å². The summed E-state index contributed by atoms with van der Waals surface area (Å²) in [5.74, 6) is 0.935. The normalized spacial score (nSPS) is 29.5. The van der Waals surface area contributed by atoms with E-state index in [4.69, 9.17) is 4.74 Å². The Morgan fingerprint density at radius 2 is 2.25 bits per heavy atom. The highest BCUT2D eigenvalue weighted by molar-refractivity contribution is 4.77. The molecule has 0 heterocycles. The number of ether oxygens (including phenoxy) is 1. The van der Waals surface area contributed by atoms with Crippen LogP contribution in [0.25, 0.3) is 0 Å². The molecule has 1 saturated carbocycles. The van der Waals surface area contributed by atoms with Crippen molar-refractivity contribution in [3.63, 3.8) is 0 Å². The smallest absolute Gasteiger partial charge is 0.0474 e. The van der Waals surface area contributed by atoms with Gasteiger partial charge in [0.05, 0.1) is 0 Å². The fourth-order valence-electron chi connectivity index (χ4n) is 1.92. The van der Waals surface area contributed by atoms with Gasteiger partial charge in [-0.25, -0.2) is 0 Å². The highest BCUT2D eigenvalue weighted by atomic mass is 16.5. The summed E-state index contributed by atoms with van der Waals surface area (Å²) in [6.45, 7) is 4.34. The van der Waals surface area contributed by atoms with Crippen LogP contribution in [0.15, 0.2) is 0 Å². The van der Waals surface area contributed by atoms with E-state index < -0.39 is 0 Å². The quantitative estimate of drug-likeness (QED) is 0.637. The lowest BCUT2D eigenvalue weighted by Crippen LogP contribution is -2.27. The molecule has 12 heavy (non-hydrogen) atoms. The van der Waals surface area contributed by atoms with E-state index in [9.17, 15) is 0 Å². The van der Waals surface area contributed by atoms with Crippen molar-refractivity contribution in [2.24, 2.45) is 5.92 Å². The molecule has 0 amide bonds. The summed E-state index contributed by atoms with van der Waals surface area (Å²) in [4.78, 5) is 0. The van der Waals surface area contributed by atoms with E-state index >= 15 is 0 Å². The predicted octanol–water partition coefficient (Wildman–Crippen LogP) is 1.80. The van der Waals surface area contributed by atoms with Gasteiger partial charge in [0.1, 0.15) is 0 Å². The second kappa shape index (κ2) is 5.55. The molecule has 72 valence electrons. The third-order valence-electron chi connectivity index (χ3n) is 2.65. The van der Waals surface area contributed by atoms with Gasteiger partial charge in [-0.3, -0.25) is 0 Å². The first kappa shape index (κ1) is 10.0. The van der Waals surface area contributed by atoms with Gasteiger partial charge in [-0.2, -0.15) is 0 Å². The molecule has 2 nitrogen and oxygen atoms in total. The zero-order chi connectivity index (χ0) is 8.81. The Morgan fingerprint density at radius 1 is 1.42 bits per heavy atom. The van der Waals surface area contributed by atoms with E-state index in [1.165, 1.54) is 19.3 Å². The molecule has 1 rings (SSSR count). The Balaban J connectivity index is 1.93. The minimum absolute atomic E-state index is 0.789. The number of hydrogen-bond acceptors (Lipinski definition) is 2. The van der Waals surface area contributed by atoms with Crippen molar-refractivity contribution < 1.29 is 4.74 Å². The van der Waals surface area contributed by atoms with Crippen molar-refractivity contribution in [3.8, 4) is 0 Å². The summed E-state index contributed by atoms with van der Waals surface area (Å²) in [5.41, 5.74) is 0. The van der Waals surface area contributed by atoms with Crippen LogP contribution < -0.4 is 5.32 Å². The van der Waals surface area contributed by atoms with Gasteiger partial charge in [-0.1, -0.05) is 6.92 Å². The Labute approximate surface area is 75.7 Å². The fourth-order valence-corrected chi connectivity index (χ4v) is 1.92. The number of hydrogen-bond donors (Lipinski definition) is 1. The molecule has 1 aliphatic carbocycles. The van der Waals surface area contributed by atoms with Gasteiger partial charge in [0.25, 0.3) is 0 Å². The first-order valence-electron chi connectivity index (χ1n) is 5.05. The summed E-state index contributed by atoms with van der Waals surface area (Å²) < 4.78 is 4.99. The van der Waals surface area contributed by atoms with Gasteiger partial charge in [0, 0.05) is 19.8 Å². The van der Waals surface area contributed by atoms with Crippen molar-refractivity contribution in [2.75, 3.05) is 20.3 Å². The standard InChI is InChI=1S/C10H21NO/c1-9-4-5-10(8-9)11-6-3-7-12-2/h9-11H,3-8H2,1-2H3/t9-,10-/m0/s1. The Hall–Kier alpha value is -0.0800. The van der Waals surface area contributed by atoms with Crippen LogP contribution in [0, 0.1) is 5.92 Å². The van der Waals surface area contributed by atoms with Crippen molar-refractivity contribution in [3.05, 3.63) is 0 Å². The van der Waals surface area contributed by atoms with Crippen LogP contribution in [0.4, 0.5) is 0 Å². The van der Waals surface area contributed by atoms with Crippen LogP contribution in [0.3, 0.4) is 0 Å². The van der Waals surface area contributed by atoms with Gasteiger partial charge in [-0.15, -0.1) is 0 Å². The van der Waals surface area contributed by atoms with E-state index in [1.807, 2.05) is 0 Å². The average Bonchev–Trinajstić information content (AvgIpc) is 2.45. The monoisotopic (exact) mass is 171 g/mol. The molecule has 0 aromatic rings. The first-order valence-corrected chi connectivity index (χ1v) is 5.05. The first-order chi connectivity index (χ1) is 5.83. The van der Waals surface area contributed by atoms with Gasteiger partial charge in [0.2, 0.25) is 0 Å². The third-order valence-corrected chi connectivity index (χ3v) is 2.65. The average molecular weight is 171 g/mol. The van der Waals surface area contributed by atoms with Crippen LogP contribution in [0.2, 0.25) is 0 Å². The summed E-state index contributed by atoms with van der Waals surface area (Å²) >= 11 is 0. The van der Waals surface area contributed by atoms with Gasteiger partial charge in [0.15, 0.2) is 0 Å². The van der Waals surface area contributed by atoms with E-state index in [0.29, 0.717) is 0 Å². The number of rotatable bonds is 5. The van der Waals surface area contributed by atoms with E-state index in [-0.39, 0.29) is 0 Å². The van der Waals surface area contributed by atoms with Crippen LogP contribution in [0.5, 0.6) is 0 Å². The summed E-state index contributed by atoms with van der Waals surface area (Å²) in [5, 5.41) is 3.57. The zero-order valence-electron chi connectivity index (χ0n) is 8.31. The lowest BCUT2D eigenvalue weighted by molar-refractivity contribution is 0.193. The lowest BCUT2D eigenvalue weighted by atomic mass is 10.1.